The van der Waals surface area contributed by atoms with Gasteiger partial charge in [-0.3, -0.25) is 0 Å². The fraction of sp³-hybridized carbons (Fsp3) is 0.111. The maximum Gasteiger partial charge on any atom is 0.0419 e. The molecule has 0 unspecified atom stereocenters. The van der Waals surface area contributed by atoms with Crippen LogP contribution in [0.1, 0.15) is 5.56 Å². The van der Waals surface area contributed by atoms with Crippen LogP contribution in [0, 0.1) is 0 Å². The first-order chi connectivity index (χ1) is 5.22. The van der Waals surface area contributed by atoms with Crippen molar-refractivity contribution >= 4 is 24.2 Å². The standard InChI is InChI=1S/C9H9ClS/c1-2-3-7-4-8(10)6-9(11)5-7/h2,4-6,11H,1,3H2. The second kappa shape index (κ2) is 3.84. The van der Waals surface area contributed by atoms with Crippen molar-refractivity contribution in [2.24, 2.45) is 0 Å². The first kappa shape index (κ1) is 8.69. The molecule has 0 saturated heterocycles. The van der Waals surface area contributed by atoms with Crippen LogP contribution in [-0.4, -0.2) is 0 Å². The summed E-state index contributed by atoms with van der Waals surface area (Å²) < 4.78 is 0. The smallest absolute Gasteiger partial charge is 0.0419 e. The first-order valence-electron chi connectivity index (χ1n) is 3.31. The van der Waals surface area contributed by atoms with Crippen LogP contribution in [-0.2, 0) is 6.42 Å². The lowest BCUT2D eigenvalue weighted by molar-refractivity contribution is 1.24. The Balaban J connectivity index is 2.98. The van der Waals surface area contributed by atoms with Gasteiger partial charge in [0.1, 0.15) is 0 Å². The van der Waals surface area contributed by atoms with Crippen molar-refractivity contribution in [1.29, 1.82) is 0 Å². The van der Waals surface area contributed by atoms with E-state index < -0.39 is 0 Å². The Morgan fingerprint density at radius 3 is 2.73 bits per heavy atom. The molecule has 58 valence electrons. The zero-order chi connectivity index (χ0) is 8.27. The Bertz CT molecular complexity index is 248. The molecule has 11 heavy (non-hydrogen) atoms. The molecule has 0 saturated carbocycles. The van der Waals surface area contributed by atoms with Crippen LogP contribution < -0.4 is 0 Å². The van der Waals surface area contributed by atoms with Crippen LogP contribution in [0.15, 0.2) is 35.7 Å². The van der Waals surface area contributed by atoms with Crippen molar-refractivity contribution in [3.63, 3.8) is 0 Å². The number of hydrogen-bond acceptors (Lipinski definition) is 1. The molecule has 0 bridgehead atoms. The van der Waals surface area contributed by atoms with E-state index in [1.165, 1.54) is 0 Å². The lowest BCUT2D eigenvalue weighted by Crippen LogP contribution is -1.80. The van der Waals surface area contributed by atoms with Gasteiger partial charge in [0.25, 0.3) is 0 Å². The SMILES string of the molecule is C=CCc1cc(S)cc(Cl)c1. The van der Waals surface area contributed by atoms with Crippen LogP contribution >= 0.6 is 24.2 Å². The summed E-state index contributed by atoms with van der Waals surface area (Å²) in [6.07, 6.45) is 2.69. The zero-order valence-electron chi connectivity index (χ0n) is 6.05. The molecule has 0 radical (unpaired) electrons. The van der Waals surface area contributed by atoms with Crippen LogP contribution in [0.25, 0.3) is 0 Å². The molecular formula is C9H9ClS. The minimum atomic E-state index is 0.731. The average molecular weight is 185 g/mol. The summed E-state index contributed by atoms with van der Waals surface area (Å²) in [5, 5.41) is 0.731. The van der Waals surface area contributed by atoms with Crippen molar-refractivity contribution in [3.8, 4) is 0 Å². The molecule has 0 atom stereocenters. The summed E-state index contributed by atoms with van der Waals surface area (Å²) in [5.74, 6) is 0. The van der Waals surface area contributed by atoms with E-state index in [1.54, 1.807) is 0 Å². The number of thiol groups is 1. The molecule has 1 aromatic rings. The van der Waals surface area contributed by atoms with Gasteiger partial charge in [0.2, 0.25) is 0 Å². The van der Waals surface area contributed by atoms with E-state index in [0.29, 0.717) is 0 Å². The van der Waals surface area contributed by atoms with Crippen molar-refractivity contribution in [2.45, 2.75) is 11.3 Å². The molecule has 0 aliphatic rings. The topological polar surface area (TPSA) is 0 Å². The molecule has 1 aromatic carbocycles. The molecule has 0 aliphatic carbocycles. The Morgan fingerprint density at radius 2 is 2.18 bits per heavy atom. The van der Waals surface area contributed by atoms with Crippen molar-refractivity contribution in [1.82, 2.24) is 0 Å². The van der Waals surface area contributed by atoms with Gasteiger partial charge in [-0.15, -0.1) is 19.2 Å². The van der Waals surface area contributed by atoms with E-state index in [9.17, 15) is 0 Å². The molecule has 0 heterocycles. The van der Waals surface area contributed by atoms with Crippen molar-refractivity contribution < 1.29 is 0 Å². The minimum absolute atomic E-state index is 0.731. The molecule has 1 rings (SSSR count). The predicted molar refractivity (Wildman–Crippen MR) is 52.6 cm³/mol. The second-order valence-corrected chi connectivity index (χ2v) is 3.26. The quantitative estimate of drug-likeness (QED) is 0.529. The zero-order valence-corrected chi connectivity index (χ0v) is 7.70. The van der Waals surface area contributed by atoms with E-state index in [4.69, 9.17) is 11.6 Å². The Labute approximate surface area is 77.3 Å². The van der Waals surface area contributed by atoms with Crippen LogP contribution in [0.3, 0.4) is 0 Å². The largest absolute Gasteiger partial charge is 0.143 e. The highest BCUT2D eigenvalue weighted by Gasteiger charge is 1.94. The number of benzene rings is 1. The summed E-state index contributed by atoms with van der Waals surface area (Å²) in [4.78, 5) is 0.898. The van der Waals surface area contributed by atoms with E-state index in [0.717, 1.165) is 21.9 Å². The van der Waals surface area contributed by atoms with Crippen molar-refractivity contribution in [3.05, 3.63) is 41.4 Å². The second-order valence-electron chi connectivity index (χ2n) is 2.31. The van der Waals surface area contributed by atoms with E-state index >= 15 is 0 Å². The van der Waals surface area contributed by atoms with Crippen molar-refractivity contribution in [2.75, 3.05) is 0 Å². The average Bonchev–Trinajstić information content (AvgIpc) is 1.85. The molecular weight excluding hydrogens is 176 g/mol. The molecule has 0 nitrogen and oxygen atoms in total. The summed E-state index contributed by atoms with van der Waals surface area (Å²) in [6.45, 7) is 3.65. The van der Waals surface area contributed by atoms with Gasteiger partial charge in [0, 0.05) is 9.92 Å². The summed E-state index contributed by atoms with van der Waals surface area (Å²) in [6, 6.07) is 5.72. The van der Waals surface area contributed by atoms with Gasteiger partial charge in [-0.1, -0.05) is 17.7 Å². The minimum Gasteiger partial charge on any atom is -0.143 e. The number of allylic oxidation sites excluding steroid dienone is 1. The molecule has 2 heteroatoms. The summed E-state index contributed by atoms with van der Waals surface area (Å²) >= 11 is 10.0. The molecule has 0 fully saturated rings. The van der Waals surface area contributed by atoms with Gasteiger partial charge >= 0.3 is 0 Å². The number of halogens is 1. The Morgan fingerprint density at radius 1 is 1.45 bits per heavy atom. The highest BCUT2D eigenvalue weighted by atomic mass is 35.5. The van der Waals surface area contributed by atoms with Crippen LogP contribution in [0.2, 0.25) is 5.02 Å². The van der Waals surface area contributed by atoms with E-state index in [-0.39, 0.29) is 0 Å². The summed E-state index contributed by atoms with van der Waals surface area (Å²) in [5.41, 5.74) is 1.15. The maximum atomic E-state index is 5.80. The molecule has 0 spiro atoms. The molecule has 0 aliphatic heterocycles. The van der Waals surface area contributed by atoms with Gasteiger partial charge in [-0.05, 0) is 30.2 Å². The van der Waals surface area contributed by atoms with Gasteiger partial charge < -0.3 is 0 Å². The lowest BCUT2D eigenvalue weighted by Gasteiger charge is -1.98. The highest BCUT2D eigenvalue weighted by molar-refractivity contribution is 7.80. The number of rotatable bonds is 2. The van der Waals surface area contributed by atoms with Crippen LogP contribution in [0.4, 0.5) is 0 Å². The van der Waals surface area contributed by atoms with Gasteiger partial charge in [-0.2, -0.15) is 0 Å². The predicted octanol–water partition coefficient (Wildman–Crippen LogP) is 3.36. The third kappa shape index (κ3) is 2.60. The fourth-order valence-corrected chi connectivity index (χ4v) is 1.56. The Hall–Kier alpha value is -0.400. The van der Waals surface area contributed by atoms with Gasteiger partial charge in [0.05, 0.1) is 0 Å². The molecule has 0 aromatic heterocycles. The van der Waals surface area contributed by atoms with E-state index in [2.05, 4.69) is 19.2 Å². The normalized spacial score (nSPS) is 9.64. The third-order valence-corrected chi connectivity index (χ3v) is 1.80. The van der Waals surface area contributed by atoms with Crippen LogP contribution in [0.5, 0.6) is 0 Å². The third-order valence-electron chi connectivity index (χ3n) is 1.32. The highest BCUT2D eigenvalue weighted by Crippen LogP contribution is 2.17. The molecule has 0 N–H and O–H groups in total. The fourth-order valence-electron chi connectivity index (χ4n) is 0.918. The first-order valence-corrected chi connectivity index (χ1v) is 4.14. The van der Waals surface area contributed by atoms with E-state index in [1.807, 2.05) is 24.3 Å². The Kier molecular flexibility index (Phi) is 3.03. The van der Waals surface area contributed by atoms with Gasteiger partial charge in [-0.25, -0.2) is 0 Å². The number of hydrogen-bond donors (Lipinski definition) is 1. The maximum absolute atomic E-state index is 5.80. The van der Waals surface area contributed by atoms with Gasteiger partial charge in [0.15, 0.2) is 0 Å². The monoisotopic (exact) mass is 184 g/mol. The summed E-state index contributed by atoms with van der Waals surface area (Å²) in [7, 11) is 0. The lowest BCUT2D eigenvalue weighted by atomic mass is 10.1. The molecule has 0 amide bonds.